The van der Waals surface area contributed by atoms with Crippen LogP contribution in [0.25, 0.3) is 0 Å². The fourth-order valence-corrected chi connectivity index (χ4v) is 2.86. The maximum Gasteiger partial charge on any atom is 0.264 e. The van der Waals surface area contributed by atoms with Crippen LogP contribution in [0.1, 0.15) is 13.8 Å². The van der Waals surface area contributed by atoms with E-state index in [1.807, 2.05) is 0 Å². The van der Waals surface area contributed by atoms with Gasteiger partial charge in [0.1, 0.15) is 6.10 Å². The number of ether oxygens (including phenoxy) is 1. The standard InChI is InChI=1S/C8H17NO6S2/c1-6(2)17(12,13)9-7-4-14-5-8(7)15-16(3,10)11/h6-9H,4-5H2,1-3H3/t7-,8-/m1/s1. The Morgan fingerprint density at radius 1 is 1.24 bits per heavy atom. The van der Waals surface area contributed by atoms with Crippen LogP contribution < -0.4 is 4.72 Å². The molecular weight excluding hydrogens is 270 g/mol. The van der Waals surface area contributed by atoms with E-state index in [1.54, 1.807) is 0 Å². The quantitative estimate of drug-likeness (QED) is 0.655. The highest BCUT2D eigenvalue weighted by Gasteiger charge is 2.35. The fraction of sp³-hybridized carbons (Fsp3) is 1.00. The SMILES string of the molecule is CC(C)S(=O)(=O)N[C@@H]1COC[C@H]1OS(C)(=O)=O. The maximum atomic E-state index is 11.6. The zero-order valence-corrected chi connectivity index (χ0v) is 11.5. The Kier molecular flexibility index (Phi) is 4.53. The zero-order chi connectivity index (χ0) is 13.3. The van der Waals surface area contributed by atoms with Crippen LogP contribution in [0, 0.1) is 0 Å². The van der Waals surface area contributed by atoms with Crippen LogP contribution >= 0.6 is 0 Å². The zero-order valence-electron chi connectivity index (χ0n) is 9.91. The Bertz CT molecular complexity index is 454. The molecule has 0 aromatic heterocycles. The molecule has 9 heteroatoms. The average molecular weight is 287 g/mol. The maximum absolute atomic E-state index is 11.6. The molecule has 102 valence electrons. The molecule has 0 aromatic rings. The Morgan fingerprint density at radius 3 is 2.29 bits per heavy atom. The Balaban J connectivity index is 2.71. The Hall–Kier alpha value is -0.220. The van der Waals surface area contributed by atoms with Crippen LogP contribution in [0.2, 0.25) is 0 Å². The highest BCUT2D eigenvalue weighted by Crippen LogP contribution is 2.14. The molecule has 1 fully saturated rings. The second kappa shape index (κ2) is 5.19. The normalized spacial score (nSPS) is 26.6. The van der Waals surface area contributed by atoms with Crippen molar-refractivity contribution in [3.63, 3.8) is 0 Å². The van der Waals surface area contributed by atoms with Gasteiger partial charge >= 0.3 is 0 Å². The number of hydrogen-bond acceptors (Lipinski definition) is 6. The van der Waals surface area contributed by atoms with Crippen molar-refractivity contribution in [1.29, 1.82) is 0 Å². The van der Waals surface area contributed by atoms with E-state index in [-0.39, 0.29) is 13.2 Å². The first kappa shape index (κ1) is 14.8. The fourth-order valence-electron chi connectivity index (χ4n) is 1.31. The second-order valence-corrected chi connectivity index (χ2v) is 8.06. The van der Waals surface area contributed by atoms with Gasteiger partial charge in [-0.2, -0.15) is 8.42 Å². The van der Waals surface area contributed by atoms with Crippen molar-refractivity contribution >= 4 is 20.1 Å². The van der Waals surface area contributed by atoms with E-state index in [4.69, 9.17) is 8.92 Å². The lowest BCUT2D eigenvalue weighted by atomic mass is 10.2. The molecule has 2 atom stereocenters. The molecule has 0 saturated carbocycles. The largest absolute Gasteiger partial charge is 0.377 e. The minimum Gasteiger partial charge on any atom is -0.377 e. The van der Waals surface area contributed by atoms with E-state index in [0.717, 1.165) is 6.26 Å². The minimum absolute atomic E-state index is 0.0539. The third-order valence-electron chi connectivity index (χ3n) is 2.26. The average Bonchev–Trinajstić information content (AvgIpc) is 2.48. The summed E-state index contributed by atoms with van der Waals surface area (Å²) >= 11 is 0. The number of rotatable bonds is 5. The summed E-state index contributed by atoms with van der Waals surface area (Å²) in [6.07, 6.45) is 0.109. The summed E-state index contributed by atoms with van der Waals surface area (Å²) in [5.74, 6) is 0. The smallest absolute Gasteiger partial charge is 0.264 e. The molecular formula is C8H17NO6S2. The lowest BCUT2D eigenvalue weighted by molar-refractivity contribution is 0.144. The molecule has 0 spiro atoms. The van der Waals surface area contributed by atoms with E-state index in [1.165, 1.54) is 13.8 Å². The summed E-state index contributed by atoms with van der Waals surface area (Å²) in [4.78, 5) is 0. The van der Waals surface area contributed by atoms with E-state index in [9.17, 15) is 16.8 Å². The van der Waals surface area contributed by atoms with Crippen molar-refractivity contribution in [2.75, 3.05) is 19.5 Å². The van der Waals surface area contributed by atoms with Crippen LogP contribution in [0.4, 0.5) is 0 Å². The van der Waals surface area contributed by atoms with Gasteiger partial charge < -0.3 is 4.74 Å². The first-order chi connectivity index (χ1) is 7.62. The lowest BCUT2D eigenvalue weighted by Crippen LogP contribution is -2.46. The third-order valence-corrected chi connectivity index (χ3v) is 4.73. The Labute approximate surface area is 102 Å². The van der Waals surface area contributed by atoms with Gasteiger partial charge in [0, 0.05) is 0 Å². The molecule has 0 amide bonds. The van der Waals surface area contributed by atoms with Gasteiger partial charge in [-0.1, -0.05) is 0 Å². The van der Waals surface area contributed by atoms with Gasteiger partial charge in [0.05, 0.1) is 30.8 Å². The molecule has 1 saturated heterocycles. The van der Waals surface area contributed by atoms with E-state index in [2.05, 4.69) is 4.72 Å². The highest BCUT2D eigenvalue weighted by molar-refractivity contribution is 7.90. The molecule has 0 radical (unpaired) electrons. The van der Waals surface area contributed by atoms with Crippen LogP contribution in [-0.4, -0.2) is 53.7 Å². The molecule has 1 aliphatic rings. The summed E-state index contributed by atoms with van der Waals surface area (Å²) in [5, 5.41) is -0.595. The molecule has 1 N–H and O–H groups in total. The number of hydrogen-bond donors (Lipinski definition) is 1. The second-order valence-electron chi connectivity index (χ2n) is 4.19. The first-order valence-corrected chi connectivity index (χ1v) is 8.45. The molecule has 1 aliphatic heterocycles. The van der Waals surface area contributed by atoms with Crippen molar-refractivity contribution in [2.24, 2.45) is 0 Å². The molecule has 0 aliphatic carbocycles. The van der Waals surface area contributed by atoms with Crippen molar-refractivity contribution in [2.45, 2.75) is 31.2 Å². The molecule has 1 rings (SSSR count). The van der Waals surface area contributed by atoms with Gasteiger partial charge in [0.15, 0.2) is 0 Å². The topological polar surface area (TPSA) is 98.8 Å². The van der Waals surface area contributed by atoms with Crippen molar-refractivity contribution in [3.05, 3.63) is 0 Å². The summed E-state index contributed by atoms with van der Waals surface area (Å²) < 4.78 is 57.4. The summed E-state index contributed by atoms with van der Waals surface area (Å²) in [6.45, 7) is 3.22. The van der Waals surface area contributed by atoms with Crippen LogP contribution in [0.5, 0.6) is 0 Å². The van der Waals surface area contributed by atoms with Gasteiger partial charge in [-0.05, 0) is 13.8 Å². The molecule has 17 heavy (non-hydrogen) atoms. The molecule has 1 heterocycles. The molecule has 0 unspecified atom stereocenters. The predicted octanol–water partition coefficient (Wildman–Crippen LogP) is -0.942. The van der Waals surface area contributed by atoms with E-state index < -0.39 is 37.5 Å². The van der Waals surface area contributed by atoms with Gasteiger partial charge in [-0.15, -0.1) is 0 Å². The first-order valence-electron chi connectivity index (χ1n) is 5.09. The lowest BCUT2D eigenvalue weighted by Gasteiger charge is -2.19. The summed E-state index contributed by atoms with van der Waals surface area (Å²) in [7, 11) is -7.11. The number of sulfonamides is 1. The summed E-state index contributed by atoms with van der Waals surface area (Å²) in [6, 6.07) is -0.669. The third kappa shape index (κ3) is 4.51. The van der Waals surface area contributed by atoms with E-state index >= 15 is 0 Å². The van der Waals surface area contributed by atoms with Crippen molar-refractivity contribution in [3.8, 4) is 0 Å². The minimum atomic E-state index is -3.63. The van der Waals surface area contributed by atoms with Crippen LogP contribution in [0.15, 0.2) is 0 Å². The van der Waals surface area contributed by atoms with Gasteiger partial charge in [0.25, 0.3) is 10.1 Å². The van der Waals surface area contributed by atoms with Crippen LogP contribution in [-0.2, 0) is 29.1 Å². The molecule has 7 nitrogen and oxygen atoms in total. The Morgan fingerprint density at radius 2 is 1.82 bits per heavy atom. The van der Waals surface area contributed by atoms with Gasteiger partial charge in [0.2, 0.25) is 10.0 Å². The van der Waals surface area contributed by atoms with E-state index in [0.29, 0.717) is 0 Å². The monoisotopic (exact) mass is 287 g/mol. The van der Waals surface area contributed by atoms with Crippen molar-refractivity contribution < 1.29 is 25.8 Å². The molecule has 0 aromatic carbocycles. The van der Waals surface area contributed by atoms with Crippen LogP contribution in [0.3, 0.4) is 0 Å². The van der Waals surface area contributed by atoms with Gasteiger partial charge in [-0.3, -0.25) is 4.18 Å². The number of nitrogens with one attached hydrogen (secondary N) is 1. The van der Waals surface area contributed by atoms with Crippen molar-refractivity contribution in [1.82, 2.24) is 4.72 Å². The summed E-state index contributed by atoms with van der Waals surface area (Å²) in [5.41, 5.74) is 0. The predicted molar refractivity (Wildman–Crippen MR) is 61.5 cm³/mol. The van der Waals surface area contributed by atoms with Gasteiger partial charge in [-0.25, -0.2) is 13.1 Å². The highest BCUT2D eigenvalue weighted by atomic mass is 32.2. The molecule has 0 bridgehead atoms.